The van der Waals surface area contributed by atoms with Crippen LogP contribution in [0.25, 0.3) is 0 Å². The molecule has 14 heavy (non-hydrogen) atoms. The van der Waals surface area contributed by atoms with Gasteiger partial charge < -0.3 is 4.42 Å². The number of aromatic nitrogens is 2. The van der Waals surface area contributed by atoms with Crippen LogP contribution >= 0.6 is 0 Å². The summed E-state index contributed by atoms with van der Waals surface area (Å²) in [6.07, 6.45) is 0.607. The first-order valence-corrected chi connectivity index (χ1v) is 4.89. The molecule has 0 saturated carbocycles. The van der Waals surface area contributed by atoms with Gasteiger partial charge in [0.15, 0.2) is 0 Å². The fourth-order valence-corrected chi connectivity index (χ4v) is 1.65. The highest BCUT2D eigenvalue weighted by Crippen LogP contribution is 2.15. The van der Waals surface area contributed by atoms with Gasteiger partial charge in [-0.05, 0) is 12.8 Å². The highest BCUT2D eigenvalue weighted by atomic mass is 19.1. The molecule has 0 aromatic carbocycles. The van der Waals surface area contributed by atoms with Crippen molar-refractivity contribution in [2.45, 2.75) is 32.5 Å². The quantitative estimate of drug-likeness (QED) is 0.720. The van der Waals surface area contributed by atoms with Crippen molar-refractivity contribution in [1.29, 1.82) is 0 Å². The van der Waals surface area contributed by atoms with Crippen molar-refractivity contribution in [3.05, 3.63) is 11.8 Å². The maximum absolute atomic E-state index is 12.8. The Morgan fingerprint density at radius 2 is 2.14 bits per heavy atom. The van der Waals surface area contributed by atoms with E-state index in [1.807, 2.05) is 0 Å². The number of piperidine rings is 1. The number of rotatable bonds is 2. The summed E-state index contributed by atoms with van der Waals surface area (Å²) in [5.74, 6) is 1.21. The highest BCUT2D eigenvalue weighted by Gasteiger charge is 2.19. The van der Waals surface area contributed by atoms with E-state index >= 15 is 0 Å². The minimum Gasteiger partial charge on any atom is -0.424 e. The fraction of sp³-hybridized carbons (Fsp3) is 0.778. The van der Waals surface area contributed by atoms with Crippen molar-refractivity contribution < 1.29 is 8.81 Å². The van der Waals surface area contributed by atoms with Crippen LogP contribution in [-0.4, -0.2) is 34.4 Å². The Balaban J connectivity index is 1.86. The monoisotopic (exact) mass is 199 g/mol. The van der Waals surface area contributed by atoms with Gasteiger partial charge in [0.05, 0.1) is 6.54 Å². The first kappa shape index (κ1) is 9.58. The first-order chi connectivity index (χ1) is 6.74. The molecule has 78 valence electrons. The van der Waals surface area contributed by atoms with Gasteiger partial charge in [0, 0.05) is 20.0 Å². The molecular weight excluding hydrogens is 185 g/mol. The van der Waals surface area contributed by atoms with Gasteiger partial charge in [0.1, 0.15) is 6.17 Å². The minimum atomic E-state index is -0.629. The van der Waals surface area contributed by atoms with Crippen molar-refractivity contribution in [2.75, 3.05) is 13.1 Å². The summed E-state index contributed by atoms with van der Waals surface area (Å²) in [5, 5.41) is 7.66. The third-order valence-electron chi connectivity index (χ3n) is 2.44. The summed E-state index contributed by atoms with van der Waals surface area (Å²) in [6, 6.07) is 0. The zero-order valence-corrected chi connectivity index (χ0v) is 8.24. The molecule has 0 aliphatic carbocycles. The van der Waals surface area contributed by atoms with Gasteiger partial charge >= 0.3 is 0 Å². The van der Waals surface area contributed by atoms with Gasteiger partial charge in [-0.25, -0.2) is 4.39 Å². The van der Waals surface area contributed by atoms with E-state index in [1.54, 1.807) is 6.92 Å². The van der Waals surface area contributed by atoms with E-state index in [1.165, 1.54) is 0 Å². The van der Waals surface area contributed by atoms with Crippen molar-refractivity contribution in [3.63, 3.8) is 0 Å². The van der Waals surface area contributed by atoms with Crippen molar-refractivity contribution in [1.82, 2.24) is 15.1 Å². The Hall–Kier alpha value is -0.970. The molecule has 2 heterocycles. The van der Waals surface area contributed by atoms with Crippen LogP contribution in [0.2, 0.25) is 0 Å². The SMILES string of the molecule is Cc1nnc(CN2CCC(F)CC2)o1. The van der Waals surface area contributed by atoms with Crippen LogP contribution in [0.3, 0.4) is 0 Å². The number of hydrogen-bond donors (Lipinski definition) is 0. The van der Waals surface area contributed by atoms with E-state index in [0.717, 1.165) is 13.1 Å². The molecule has 1 fully saturated rings. The molecular formula is C9H14FN3O. The van der Waals surface area contributed by atoms with Crippen LogP contribution < -0.4 is 0 Å². The minimum absolute atomic E-state index is 0.584. The summed E-state index contributed by atoms with van der Waals surface area (Å²) in [7, 11) is 0. The van der Waals surface area contributed by atoms with Gasteiger partial charge in [0.25, 0.3) is 0 Å². The maximum atomic E-state index is 12.8. The Kier molecular flexibility index (Phi) is 2.77. The van der Waals surface area contributed by atoms with E-state index in [4.69, 9.17) is 4.42 Å². The van der Waals surface area contributed by atoms with Crippen LogP contribution in [0.1, 0.15) is 24.6 Å². The highest BCUT2D eigenvalue weighted by molar-refractivity contribution is 4.81. The average molecular weight is 199 g/mol. The summed E-state index contributed by atoms with van der Waals surface area (Å²) in [5.41, 5.74) is 0. The number of nitrogens with zero attached hydrogens (tertiary/aromatic N) is 3. The molecule has 1 saturated heterocycles. The van der Waals surface area contributed by atoms with Crippen LogP contribution in [0.15, 0.2) is 4.42 Å². The van der Waals surface area contributed by atoms with Gasteiger partial charge in [-0.3, -0.25) is 4.90 Å². The summed E-state index contributed by atoms with van der Waals surface area (Å²) in [6.45, 7) is 3.98. The summed E-state index contributed by atoms with van der Waals surface area (Å²) >= 11 is 0. The largest absolute Gasteiger partial charge is 0.424 e. The lowest BCUT2D eigenvalue weighted by molar-refractivity contribution is 0.136. The predicted molar refractivity (Wildman–Crippen MR) is 48.4 cm³/mol. The Morgan fingerprint density at radius 3 is 2.71 bits per heavy atom. The van der Waals surface area contributed by atoms with Crippen LogP contribution in [0.5, 0.6) is 0 Å². The summed E-state index contributed by atoms with van der Waals surface area (Å²) < 4.78 is 18.1. The van der Waals surface area contributed by atoms with Gasteiger partial charge in [0.2, 0.25) is 11.8 Å². The lowest BCUT2D eigenvalue weighted by Crippen LogP contribution is -2.33. The molecule has 2 rings (SSSR count). The molecule has 0 atom stereocenters. The molecule has 0 spiro atoms. The van der Waals surface area contributed by atoms with Gasteiger partial charge in [-0.15, -0.1) is 10.2 Å². The lowest BCUT2D eigenvalue weighted by Gasteiger charge is -2.26. The fourth-order valence-electron chi connectivity index (χ4n) is 1.65. The first-order valence-electron chi connectivity index (χ1n) is 4.89. The molecule has 0 unspecified atom stereocenters. The molecule has 1 aliphatic rings. The standard InChI is InChI=1S/C9H14FN3O/c1-7-11-12-9(14-7)6-13-4-2-8(10)3-5-13/h8H,2-6H2,1H3. The van der Waals surface area contributed by atoms with E-state index in [-0.39, 0.29) is 0 Å². The normalized spacial score (nSPS) is 20.1. The van der Waals surface area contributed by atoms with Crippen LogP contribution in [0, 0.1) is 6.92 Å². The average Bonchev–Trinajstić information content (AvgIpc) is 2.56. The Bertz CT molecular complexity index is 294. The number of likely N-dealkylation sites (tertiary alicyclic amines) is 1. The maximum Gasteiger partial charge on any atom is 0.230 e. The van der Waals surface area contributed by atoms with E-state index in [0.29, 0.717) is 31.2 Å². The summed E-state index contributed by atoms with van der Waals surface area (Å²) in [4.78, 5) is 2.14. The number of aryl methyl sites for hydroxylation is 1. The van der Waals surface area contributed by atoms with E-state index in [9.17, 15) is 4.39 Å². The second-order valence-electron chi connectivity index (χ2n) is 3.67. The van der Waals surface area contributed by atoms with Crippen molar-refractivity contribution >= 4 is 0 Å². The third-order valence-corrected chi connectivity index (χ3v) is 2.44. The van der Waals surface area contributed by atoms with E-state index in [2.05, 4.69) is 15.1 Å². The molecule has 0 bridgehead atoms. The molecule has 1 aliphatic heterocycles. The zero-order chi connectivity index (χ0) is 9.97. The van der Waals surface area contributed by atoms with Crippen molar-refractivity contribution in [3.8, 4) is 0 Å². The number of halogens is 1. The molecule has 5 heteroatoms. The predicted octanol–water partition coefficient (Wildman–Crippen LogP) is 1.31. The topological polar surface area (TPSA) is 42.2 Å². The molecule has 1 aromatic rings. The zero-order valence-electron chi connectivity index (χ0n) is 8.24. The second kappa shape index (κ2) is 4.04. The van der Waals surface area contributed by atoms with Gasteiger partial charge in [-0.1, -0.05) is 0 Å². The molecule has 1 aromatic heterocycles. The molecule has 0 amide bonds. The number of alkyl halides is 1. The Labute approximate surface area is 82.1 Å². The van der Waals surface area contributed by atoms with Crippen LogP contribution in [-0.2, 0) is 6.54 Å². The lowest BCUT2D eigenvalue weighted by atomic mass is 10.1. The van der Waals surface area contributed by atoms with E-state index < -0.39 is 6.17 Å². The third kappa shape index (κ3) is 2.29. The van der Waals surface area contributed by atoms with Crippen LogP contribution in [0.4, 0.5) is 4.39 Å². The second-order valence-corrected chi connectivity index (χ2v) is 3.67. The molecule has 0 N–H and O–H groups in total. The smallest absolute Gasteiger partial charge is 0.230 e. The van der Waals surface area contributed by atoms with Crippen molar-refractivity contribution in [2.24, 2.45) is 0 Å². The molecule has 0 radical (unpaired) electrons. The molecule has 4 nitrogen and oxygen atoms in total. The Morgan fingerprint density at radius 1 is 1.43 bits per heavy atom. The van der Waals surface area contributed by atoms with Gasteiger partial charge in [-0.2, -0.15) is 0 Å². The number of hydrogen-bond acceptors (Lipinski definition) is 4.